The van der Waals surface area contributed by atoms with Crippen LogP contribution in [0.5, 0.6) is 0 Å². The standard InChI is InChI=1S/C22H28N2O4S/c1-2-28-16-18-12-10-17(11-13-18)15-23-22(25)19-6-5-9-21(14-19)29(26,27)24-20-7-3-4-8-20/h5-6,9-14,20,24H,2-4,7-8,15-16H2,1H3,(H,23,25). The molecule has 0 aromatic heterocycles. The number of ether oxygens (including phenoxy) is 1. The maximum atomic E-state index is 12.6. The monoisotopic (exact) mass is 416 g/mol. The molecule has 29 heavy (non-hydrogen) atoms. The van der Waals surface area contributed by atoms with Gasteiger partial charge >= 0.3 is 0 Å². The number of carbonyl (C=O) groups excluding carboxylic acids is 1. The number of amides is 1. The summed E-state index contributed by atoms with van der Waals surface area (Å²) in [5, 5.41) is 2.84. The van der Waals surface area contributed by atoms with Crippen LogP contribution in [0.25, 0.3) is 0 Å². The van der Waals surface area contributed by atoms with Gasteiger partial charge < -0.3 is 10.1 Å². The third-order valence-electron chi connectivity index (χ3n) is 5.03. The van der Waals surface area contributed by atoms with E-state index in [1.54, 1.807) is 12.1 Å². The average Bonchev–Trinajstić information content (AvgIpc) is 3.23. The molecule has 6 nitrogen and oxygen atoms in total. The minimum atomic E-state index is -3.62. The Bertz CT molecular complexity index is 920. The first-order valence-electron chi connectivity index (χ1n) is 10.0. The largest absolute Gasteiger partial charge is 0.377 e. The highest BCUT2D eigenvalue weighted by atomic mass is 32.2. The van der Waals surface area contributed by atoms with Gasteiger partial charge in [0.1, 0.15) is 0 Å². The van der Waals surface area contributed by atoms with Crippen LogP contribution in [0, 0.1) is 0 Å². The molecule has 1 saturated carbocycles. The van der Waals surface area contributed by atoms with Crippen LogP contribution in [0.15, 0.2) is 53.4 Å². The van der Waals surface area contributed by atoms with Crippen LogP contribution in [0.4, 0.5) is 0 Å². The molecule has 2 aromatic rings. The predicted molar refractivity (Wildman–Crippen MR) is 112 cm³/mol. The lowest BCUT2D eigenvalue weighted by molar-refractivity contribution is 0.0950. The molecule has 1 aliphatic carbocycles. The second-order valence-electron chi connectivity index (χ2n) is 7.27. The van der Waals surface area contributed by atoms with Crippen molar-refractivity contribution < 1.29 is 17.9 Å². The third-order valence-corrected chi connectivity index (χ3v) is 6.55. The summed E-state index contributed by atoms with van der Waals surface area (Å²) < 4.78 is 33.3. The van der Waals surface area contributed by atoms with Crippen LogP contribution in [-0.4, -0.2) is 27.0 Å². The molecule has 0 bridgehead atoms. The summed E-state index contributed by atoms with van der Waals surface area (Å²) in [5.74, 6) is -0.304. The Balaban J connectivity index is 1.60. The van der Waals surface area contributed by atoms with E-state index >= 15 is 0 Å². The van der Waals surface area contributed by atoms with Gasteiger partial charge in [0.15, 0.2) is 0 Å². The molecule has 0 atom stereocenters. The summed E-state index contributed by atoms with van der Waals surface area (Å²) in [7, 11) is -3.62. The normalized spacial score (nSPS) is 14.8. The first-order valence-corrected chi connectivity index (χ1v) is 11.5. The zero-order chi connectivity index (χ0) is 20.7. The van der Waals surface area contributed by atoms with Gasteiger partial charge in [0.25, 0.3) is 5.91 Å². The SMILES string of the molecule is CCOCc1ccc(CNC(=O)c2cccc(S(=O)(=O)NC3CCCC3)c2)cc1. The lowest BCUT2D eigenvalue weighted by Gasteiger charge is -2.13. The number of hydrogen-bond acceptors (Lipinski definition) is 4. The van der Waals surface area contributed by atoms with Crippen molar-refractivity contribution in [2.45, 2.75) is 56.7 Å². The molecule has 1 amide bonds. The van der Waals surface area contributed by atoms with Crippen molar-refractivity contribution in [3.05, 3.63) is 65.2 Å². The molecule has 1 aliphatic rings. The Hall–Kier alpha value is -2.22. The van der Waals surface area contributed by atoms with Crippen LogP contribution in [0.1, 0.15) is 54.1 Å². The zero-order valence-electron chi connectivity index (χ0n) is 16.7. The smallest absolute Gasteiger partial charge is 0.251 e. The molecular weight excluding hydrogens is 388 g/mol. The molecule has 7 heteroatoms. The Morgan fingerprint density at radius 3 is 2.45 bits per heavy atom. The van der Waals surface area contributed by atoms with E-state index in [1.807, 2.05) is 31.2 Å². The second-order valence-corrected chi connectivity index (χ2v) is 8.98. The summed E-state index contributed by atoms with van der Waals surface area (Å²) in [4.78, 5) is 12.6. The van der Waals surface area contributed by atoms with Crippen molar-refractivity contribution in [2.75, 3.05) is 6.61 Å². The van der Waals surface area contributed by atoms with Gasteiger partial charge in [0.2, 0.25) is 10.0 Å². The molecule has 0 spiro atoms. The van der Waals surface area contributed by atoms with Gasteiger partial charge in [-0.2, -0.15) is 0 Å². The van der Waals surface area contributed by atoms with Gasteiger partial charge in [-0.1, -0.05) is 43.2 Å². The van der Waals surface area contributed by atoms with Gasteiger partial charge in [-0.15, -0.1) is 0 Å². The van der Waals surface area contributed by atoms with E-state index in [9.17, 15) is 13.2 Å². The number of sulfonamides is 1. The van der Waals surface area contributed by atoms with E-state index in [0.29, 0.717) is 25.3 Å². The highest BCUT2D eigenvalue weighted by molar-refractivity contribution is 7.89. The molecule has 0 aliphatic heterocycles. The maximum absolute atomic E-state index is 12.6. The van der Waals surface area contributed by atoms with Gasteiger partial charge in [0.05, 0.1) is 11.5 Å². The van der Waals surface area contributed by atoms with Gasteiger partial charge in [-0.05, 0) is 49.1 Å². The Morgan fingerprint density at radius 2 is 1.76 bits per heavy atom. The van der Waals surface area contributed by atoms with Crippen LogP contribution < -0.4 is 10.0 Å². The van der Waals surface area contributed by atoms with Crippen molar-refractivity contribution in [3.8, 4) is 0 Å². The lowest BCUT2D eigenvalue weighted by atomic mass is 10.1. The van der Waals surface area contributed by atoms with Crippen molar-refractivity contribution >= 4 is 15.9 Å². The highest BCUT2D eigenvalue weighted by Gasteiger charge is 2.23. The topological polar surface area (TPSA) is 84.5 Å². The predicted octanol–water partition coefficient (Wildman–Crippen LogP) is 3.37. The van der Waals surface area contributed by atoms with E-state index in [1.165, 1.54) is 12.1 Å². The van der Waals surface area contributed by atoms with E-state index in [4.69, 9.17) is 4.74 Å². The molecule has 0 heterocycles. The van der Waals surface area contributed by atoms with Crippen LogP contribution in [-0.2, 0) is 27.9 Å². The molecule has 156 valence electrons. The van der Waals surface area contributed by atoms with E-state index in [-0.39, 0.29) is 16.8 Å². The zero-order valence-corrected chi connectivity index (χ0v) is 17.5. The highest BCUT2D eigenvalue weighted by Crippen LogP contribution is 2.21. The Morgan fingerprint density at radius 1 is 1.07 bits per heavy atom. The number of hydrogen-bond donors (Lipinski definition) is 2. The fourth-order valence-electron chi connectivity index (χ4n) is 3.39. The maximum Gasteiger partial charge on any atom is 0.251 e. The number of rotatable bonds is 9. The first-order chi connectivity index (χ1) is 14.0. The van der Waals surface area contributed by atoms with E-state index in [0.717, 1.165) is 36.8 Å². The fraction of sp³-hybridized carbons (Fsp3) is 0.409. The van der Waals surface area contributed by atoms with Gasteiger partial charge in [-0.25, -0.2) is 13.1 Å². The number of benzene rings is 2. The quantitative estimate of drug-likeness (QED) is 0.656. The minimum Gasteiger partial charge on any atom is -0.377 e. The molecular formula is C22H28N2O4S. The Kier molecular flexibility index (Phi) is 7.41. The summed E-state index contributed by atoms with van der Waals surface area (Å²) in [5.41, 5.74) is 2.37. The Labute approximate surface area is 172 Å². The van der Waals surface area contributed by atoms with Crippen molar-refractivity contribution in [1.29, 1.82) is 0 Å². The number of nitrogens with one attached hydrogen (secondary N) is 2. The summed E-state index contributed by atoms with van der Waals surface area (Å²) >= 11 is 0. The fourth-order valence-corrected chi connectivity index (χ4v) is 4.74. The van der Waals surface area contributed by atoms with E-state index < -0.39 is 10.0 Å². The molecule has 0 unspecified atom stereocenters. The molecule has 2 N–H and O–H groups in total. The molecule has 0 radical (unpaired) electrons. The molecule has 0 saturated heterocycles. The van der Waals surface area contributed by atoms with Crippen LogP contribution in [0.2, 0.25) is 0 Å². The molecule has 2 aromatic carbocycles. The average molecular weight is 417 g/mol. The molecule has 1 fully saturated rings. The first kappa shape index (κ1) is 21.5. The second kappa shape index (κ2) is 10.0. The molecule has 3 rings (SSSR count). The summed E-state index contributed by atoms with van der Waals surface area (Å²) in [6, 6.07) is 14.0. The summed E-state index contributed by atoms with van der Waals surface area (Å²) in [6.45, 7) is 3.56. The minimum absolute atomic E-state index is 0.0109. The van der Waals surface area contributed by atoms with Gasteiger partial charge in [-0.3, -0.25) is 4.79 Å². The summed E-state index contributed by atoms with van der Waals surface area (Å²) in [6.07, 6.45) is 3.82. The number of carbonyl (C=O) groups is 1. The van der Waals surface area contributed by atoms with Crippen molar-refractivity contribution in [3.63, 3.8) is 0 Å². The third kappa shape index (κ3) is 6.13. The lowest BCUT2D eigenvalue weighted by Crippen LogP contribution is -2.32. The van der Waals surface area contributed by atoms with Crippen LogP contribution >= 0.6 is 0 Å². The van der Waals surface area contributed by atoms with E-state index in [2.05, 4.69) is 10.0 Å². The van der Waals surface area contributed by atoms with Gasteiger partial charge in [0, 0.05) is 24.8 Å². The van der Waals surface area contributed by atoms with Crippen molar-refractivity contribution in [2.24, 2.45) is 0 Å². The van der Waals surface area contributed by atoms with Crippen LogP contribution in [0.3, 0.4) is 0 Å². The van der Waals surface area contributed by atoms with Crippen molar-refractivity contribution in [1.82, 2.24) is 10.0 Å².